The third kappa shape index (κ3) is 7.86. The molecule has 0 aliphatic rings. The van der Waals surface area contributed by atoms with Crippen molar-refractivity contribution in [2.45, 2.75) is 40.0 Å². The number of anilines is 2. The van der Waals surface area contributed by atoms with Gasteiger partial charge in [0.1, 0.15) is 17.2 Å². The van der Waals surface area contributed by atoms with Crippen LogP contribution in [0.25, 0.3) is 0 Å². The number of hydrogen-bond acceptors (Lipinski definition) is 6. The van der Waals surface area contributed by atoms with Crippen molar-refractivity contribution in [3.63, 3.8) is 0 Å². The number of aromatic nitrogens is 2. The number of phenols is 2. The molecule has 0 radical (unpaired) electrons. The predicted octanol–water partition coefficient (Wildman–Crippen LogP) is 6.74. The number of aryl methyl sites for hydroxylation is 3. The van der Waals surface area contributed by atoms with E-state index in [-0.39, 0.29) is 11.3 Å². The van der Waals surface area contributed by atoms with Crippen molar-refractivity contribution >= 4 is 11.4 Å². The minimum Gasteiger partial charge on any atom is -0.508 e. The molecule has 2 aromatic carbocycles. The van der Waals surface area contributed by atoms with Crippen LogP contribution in [-0.2, 0) is 19.3 Å². The van der Waals surface area contributed by atoms with Crippen LogP contribution in [0.5, 0.6) is 11.5 Å². The largest absolute Gasteiger partial charge is 0.508 e. The Morgan fingerprint density at radius 3 is 1.59 bits per heavy atom. The molecule has 4 N–H and O–H groups in total. The number of hydrogen-bond donors (Lipinski definition) is 4. The summed E-state index contributed by atoms with van der Waals surface area (Å²) in [7, 11) is 0. The Balaban J connectivity index is 0.000000208. The summed E-state index contributed by atoms with van der Waals surface area (Å²) < 4.78 is 37.7. The van der Waals surface area contributed by atoms with Crippen molar-refractivity contribution in [2.75, 3.05) is 10.6 Å². The summed E-state index contributed by atoms with van der Waals surface area (Å²) in [6, 6.07) is 17.5. The number of rotatable bonds is 6. The van der Waals surface area contributed by atoms with Gasteiger partial charge in [-0.15, -0.1) is 0 Å². The van der Waals surface area contributed by atoms with E-state index in [9.17, 15) is 23.4 Å². The number of para-hydroxylation sites is 2. The summed E-state index contributed by atoms with van der Waals surface area (Å²) in [5.41, 5.74) is 4.35. The predicted molar refractivity (Wildman–Crippen MR) is 139 cm³/mol. The van der Waals surface area contributed by atoms with Crippen LogP contribution in [0.1, 0.15) is 33.6 Å². The first kappa shape index (κ1) is 27.3. The van der Waals surface area contributed by atoms with Crippen molar-refractivity contribution < 1.29 is 23.4 Å². The molecule has 0 aliphatic carbocycles. The van der Waals surface area contributed by atoms with Crippen molar-refractivity contribution in [1.82, 2.24) is 9.97 Å². The lowest BCUT2D eigenvalue weighted by Crippen LogP contribution is -2.11. The van der Waals surface area contributed by atoms with Crippen molar-refractivity contribution in [3.05, 3.63) is 107 Å². The fourth-order valence-electron chi connectivity index (χ4n) is 3.42. The van der Waals surface area contributed by atoms with E-state index in [1.165, 1.54) is 13.0 Å². The second-order valence-corrected chi connectivity index (χ2v) is 8.48. The summed E-state index contributed by atoms with van der Waals surface area (Å²) in [5, 5.41) is 25.4. The van der Waals surface area contributed by atoms with Crippen LogP contribution in [0.3, 0.4) is 0 Å². The lowest BCUT2D eigenvalue weighted by atomic mass is 10.1. The Hall–Kier alpha value is -4.27. The number of nitrogens with zero attached hydrogens (tertiary/aromatic N) is 2. The molecule has 0 unspecified atom stereocenters. The minimum absolute atomic E-state index is 0.0554. The van der Waals surface area contributed by atoms with Crippen molar-refractivity contribution in [1.29, 1.82) is 0 Å². The van der Waals surface area contributed by atoms with Crippen LogP contribution in [0.2, 0.25) is 0 Å². The summed E-state index contributed by atoms with van der Waals surface area (Å²) in [6.07, 6.45) is -1.50. The zero-order valence-corrected chi connectivity index (χ0v) is 20.8. The summed E-state index contributed by atoms with van der Waals surface area (Å²) in [4.78, 5) is 7.72. The maximum absolute atomic E-state index is 12.6. The molecule has 0 saturated heterocycles. The molecule has 0 aliphatic heterocycles. The monoisotopic (exact) mass is 510 g/mol. The highest BCUT2D eigenvalue weighted by molar-refractivity contribution is 5.47. The van der Waals surface area contributed by atoms with Gasteiger partial charge in [0.05, 0.1) is 23.8 Å². The number of benzene rings is 2. The quantitative estimate of drug-likeness (QED) is 0.230. The molecular weight excluding hydrogens is 481 g/mol. The topological polar surface area (TPSA) is 90.3 Å². The van der Waals surface area contributed by atoms with E-state index in [1.54, 1.807) is 30.3 Å². The Morgan fingerprint density at radius 1 is 0.703 bits per heavy atom. The zero-order valence-electron chi connectivity index (χ0n) is 20.8. The van der Waals surface area contributed by atoms with E-state index in [2.05, 4.69) is 26.7 Å². The van der Waals surface area contributed by atoms with Crippen LogP contribution < -0.4 is 10.6 Å². The van der Waals surface area contributed by atoms with Crippen LogP contribution in [-0.4, -0.2) is 20.2 Å². The van der Waals surface area contributed by atoms with Crippen molar-refractivity contribution in [3.8, 4) is 11.5 Å². The van der Waals surface area contributed by atoms with Gasteiger partial charge in [0, 0.05) is 29.9 Å². The average molecular weight is 511 g/mol. The number of alkyl halides is 3. The lowest BCUT2D eigenvalue weighted by Gasteiger charge is -2.12. The molecule has 0 atom stereocenters. The minimum atomic E-state index is -4.44. The molecule has 4 rings (SSSR count). The summed E-state index contributed by atoms with van der Waals surface area (Å²) in [6.45, 7) is 6.28. The molecule has 4 aromatic rings. The highest BCUT2D eigenvalue weighted by Crippen LogP contribution is 2.31. The van der Waals surface area contributed by atoms with Gasteiger partial charge >= 0.3 is 6.18 Å². The summed E-state index contributed by atoms with van der Waals surface area (Å²) in [5.74, 6) is 0.452. The van der Waals surface area contributed by atoms with Gasteiger partial charge in [-0.3, -0.25) is 4.98 Å². The molecule has 0 fully saturated rings. The first-order valence-electron chi connectivity index (χ1n) is 11.5. The van der Waals surface area contributed by atoms with E-state index in [0.717, 1.165) is 28.7 Å². The van der Waals surface area contributed by atoms with Gasteiger partial charge in [0.2, 0.25) is 0 Å². The third-order valence-corrected chi connectivity index (χ3v) is 5.64. The Bertz CT molecular complexity index is 1340. The van der Waals surface area contributed by atoms with Crippen LogP contribution in [0.15, 0.2) is 73.1 Å². The Morgan fingerprint density at radius 2 is 1.16 bits per heavy atom. The standard InChI is InChI=1S/C14H13F3N2O.C14H16N2O/c1-9-6-11(8-19-13(9)14(15,16)17)18-7-10-4-2-3-5-12(10)20;1-10-7-13(9-15-11(10)2)16-8-12-5-3-4-6-14(12)17/h2-6,8,18,20H,7H2,1H3;3-7,9,16-17H,8H2,1-2H3. The molecule has 6 nitrogen and oxygen atoms in total. The molecule has 37 heavy (non-hydrogen) atoms. The third-order valence-electron chi connectivity index (χ3n) is 5.64. The maximum Gasteiger partial charge on any atom is 0.433 e. The second kappa shape index (κ2) is 12.1. The molecule has 9 heteroatoms. The molecule has 2 aromatic heterocycles. The molecule has 0 spiro atoms. The van der Waals surface area contributed by atoms with Gasteiger partial charge in [0.25, 0.3) is 0 Å². The maximum atomic E-state index is 12.6. The molecule has 0 amide bonds. The number of halogens is 3. The lowest BCUT2D eigenvalue weighted by molar-refractivity contribution is -0.141. The number of aromatic hydroxyl groups is 2. The number of pyridine rings is 2. The molecule has 0 bridgehead atoms. The zero-order chi connectivity index (χ0) is 27.0. The van der Waals surface area contributed by atoms with E-state index < -0.39 is 11.9 Å². The van der Waals surface area contributed by atoms with Crippen molar-refractivity contribution in [2.24, 2.45) is 0 Å². The summed E-state index contributed by atoms with van der Waals surface area (Å²) >= 11 is 0. The molecule has 2 heterocycles. The molecule has 0 saturated carbocycles. The number of phenolic OH excluding ortho intramolecular Hbond substituents is 2. The first-order valence-corrected chi connectivity index (χ1v) is 11.5. The second-order valence-electron chi connectivity index (χ2n) is 8.48. The highest BCUT2D eigenvalue weighted by Gasteiger charge is 2.34. The van der Waals surface area contributed by atoms with Gasteiger partial charge in [0.15, 0.2) is 0 Å². The van der Waals surface area contributed by atoms with E-state index in [0.29, 0.717) is 30.1 Å². The van der Waals surface area contributed by atoms with Gasteiger partial charge in [-0.1, -0.05) is 36.4 Å². The Labute approximate surface area is 213 Å². The fourth-order valence-corrected chi connectivity index (χ4v) is 3.42. The van der Waals surface area contributed by atoms with E-state index in [1.807, 2.05) is 38.2 Å². The highest BCUT2D eigenvalue weighted by atomic mass is 19.4. The van der Waals surface area contributed by atoms with E-state index in [4.69, 9.17) is 0 Å². The Kier molecular flexibility index (Phi) is 8.95. The van der Waals surface area contributed by atoms with E-state index >= 15 is 0 Å². The van der Waals surface area contributed by atoms with Gasteiger partial charge in [-0.05, 0) is 56.2 Å². The normalized spacial score (nSPS) is 10.9. The van der Waals surface area contributed by atoms with Crippen LogP contribution >= 0.6 is 0 Å². The average Bonchev–Trinajstić information content (AvgIpc) is 2.85. The smallest absolute Gasteiger partial charge is 0.433 e. The van der Waals surface area contributed by atoms with Crippen LogP contribution in [0.4, 0.5) is 24.5 Å². The van der Waals surface area contributed by atoms with Crippen LogP contribution in [0, 0.1) is 20.8 Å². The fraction of sp³-hybridized carbons (Fsp3) is 0.214. The molecule has 194 valence electrons. The van der Waals surface area contributed by atoms with Gasteiger partial charge in [-0.25, -0.2) is 4.98 Å². The number of nitrogens with one attached hydrogen (secondary N) is 2. The first-order chi connectivity index (χ1) is 17.5. The van der Waals surface area contributed by atoms with Gasteiger partial charge in [-0.2, -0.15) is 13.2 Å². The molecular formula is C28H29F3N4O2. The van der Waals surface area contributed by atoms with Gasteiger partial charge < -0.3 is 20.8 Å². The SMILES string of the molecule is Cc1cc(NCc2ccccc2O)cnc1C.Cc1cc(NCc2ccccc2O)cnc1C(F)(F)F.